The summed E-state index contributed by atoms with van der Waals surface area (Å²) in [5, 5.41) is 1.38. The summed E-state index contributed by atoms with van der Waals surface area (Å²) in [5.41, 5.74) is 4.25. The standard InChI is InChI=1S/C21H22F3N5O4S/c1-3-11-6-16(18(23)24)26-8-13(11)19(30)27-12-4-5-15(22)14(7-12)21-10-33-9-17(21)34(31,32)29(2)20(25)28-21/h4-8,17-18H,3,9-10H2,1-2H3,(H2,25,28)(H,27,30)/t17-,21-/m1/s1. The number of benzene rings is 1. The average molecular weight is 497 g/mol. The number of nitrogens with one attached hydrogen (secondary N) is 1. The highest BCUT2D eigenvalue weighted by Gasteiger charge is 2.58. The van der Waals surface area contributed by atoms with Gasteiger partial charge in [-0.1, -0.05) is 6.92 Å². The van der Waals surface area contributed by atoms with Crippen molar-refractivity contribution in [3.63, 3.8) is 0 Å². The molecule has 2 atom stereocenters. The second kappa shape index (κ2) is 8.55. The molecule has 1 fully saturated rings. The van der Waals surface area contributed by atoms with Crippen molar-refractivity contribution in [1.29, 1.82) is 0 Å². The first-order valence-electron chi connectivity index (χ1n) is 10.3. The molecule has 0 unspecified atom stereocenters. The van der Waals surface area contributed by atoms with Gasteiger partial charge < -0.3 is 15.8 Å². The van der Waals surface area contributed by atoms with Crippen molar-refractivity contribution in [2.45, 2.75) is 30.6 Å². The third kappa shape index (κ3) is 3.78. The molecule has 1 saturated heterocycles. The van der Waals surface area contributed by atoms with E-state index in [0.29, 0.717) is 12.0 Å². The molecule has 0 aliphatic carbocycles. The Morgan fingerprint density at radius 3 is 2.79 bits per heavy atom. The van der Waals surface area contributed by atoms with Crippen LogP contribution in [0.2, 0.25) is 0 Å². The highest BCUT2D eigenvalue weighted by molar-refractivity contribution is 7.90. The number of amides is 1. The number of carbonyl (C=O) groups is 1. The molecule has 0 spiro atoms. The number of anilines is 1. The van der Waals surface area contributed by atoms with Crippen molar-refractivity contribution in [3.05, 3.63) is 58.7 Å². The van der Waals surface area contributed by atoms with Gasteiger partial charge in [-0.25, -0.2) is 30.9 Å². The Hall–Kier alpha value is -3.19. The number of nitrogens with two attached hydrogens (primary N) is 1. The quantitative estimate of drug-likeness (QED) is 0.652. The Balaban J connectivity index is 1.72. The Morgan fingerprint density at radius 2 is 2.12 bits per heavy atom. The SMILES string of the molecule is CCc1cc(C(F)F)ncc1C(=O)Nc1ccc(F)c([C@]23COC[C@H]2S(=O)(=O)N(C)C(N)=N3)c1. The predicted octanol–water partition coefficient (Wildman–Crippen LogP) is 2.16. The minimum atomic E-state index is -3.98. The van der Waals surface area contributed by atoms with Crippen LogP contribution in [0.4, 0.5) is 18.9 Å². The minimum absolute atomic E-state index is 0.0853. The Bertz CT molecular complexity index is 1290. The van der Waals surface area contributed by atoms with Crippen LogP contribution in [0.15, 0.2) is 35.5 Å². The van der Waals surface area contributed by atoms with E-state index in [9.17, 15) is 26.4 Å². The molecule has 1 aromatic carbocycles. The Morgan fingerprint density at radius 1 is 1.38 bits per heavy atom. The first-order chi connectivity index (χ1) is 16.0. The number of rotatable bonds is 5. The molecule has 0 saturated carbocycles. The lowest BCUT2D eigenvalue weighted by atomic mass is 9.88. The van der Waals surface area contributed by atoms with E-state index < -0.39 is 44.7 Å². The molecule has 4 rings (SSSR count). The fourth-order valence-corrected chi connectivity index (χ4v) is 5.85. The maximum atomic E-state index is 15.0. The molecule has 1 amide bonds. The van der Waals surface area contributed by atoms with Crippen molar-refractivity contribution in [1.82, 2.24) is 9.29 Å². The van der Waals surface area contributed by atoms with Gasteiger partial charge >= 0.3 is 0 Å². The number of nitrogens with zero attached hydrogens (tertiary/aromatic N) is 3. The Labute approximate surface area is 193 Å². The number of carbonyl (C=O) groups excluding carboxylic acids is 1. The normalized spacial score (nSPS) is 23.5. The summed E-state index contributed by atoms with van der Waals surface area (Å²) < 4.78 is 73.0. The van der Waals surface area contributed by atoms with E-state index in [1.54, 1.807) is 6.92 Å². The van der Waals surface area contributed by atoms with Crippen molar-refractivity contribution in [2.75, 3.05) is 25.6 Å². The van der Waals surface area contributed by atoms with Gasteiger partial charge in [0, 0.05) is 24.5 Å². The molecule has 182 valence electrons. The number of alkyl halides is 2. The second-order valence-corrected chi connectivity index (χ2v) is 10.1. The molecule has 13 heteroatoms. The summed E-state index contributed by atoms with van der Waals surface area (Å²) in [6, 6.07) is 4.81. The van der Waals surface area contributed by atoms with E-state index in [1.165, 1.54) is 19.2 Å². The Kier molecular flexibility index (Phi) is 6.02. The molecule has 2 aromatic rings. The topological polar surface area (TPSA) is 127 Å². The van der Waals surface area contributed by atoms with E-state index in [1.807, 2.05) is 0 Å². The van der Waals surface area contributed by atoms with E-state index in [2.05, 4.69) is 15.3 Å². The maximum Gasteiger partial charge on any atom is 0.280 e. The van der Waals surface area contributed by atoms with Gasteiger partial charge in [-0.3, -0.25) is 9.78 Å². The van der Waals surface area contributed by atoms with E-state index in [-0.39, 0.29) is 36.0 Å². The van der Waals surface area contributed by atoms with E-state index in [0.717, 1.165) is 22.6 Å². The van der Waals surface area contributed by atoms with Crippen molar-refractivity contribution in [3.8, 4) is 0 Å². The highest BCUT2D eigenvalue weighted by Crippen LogP contribution is 2.44. The molecule has 2 aliphatic rings. The molecule has 9 nitrogen and oxygen atoms in total. The predicted molar refractivity (Wildman–Crippen MR) is 118 cm³/mol. The van der Waals surface area contributed by atoms with Crippen LogP contribution in [0.5, 0.6) is 0 Å². The average Bonchev–Trinajstić information content (AvgIpc) is 3.24. The number of aliphatic imine (C=N–C) groups is 1. The monoisotopic (exact) mass is 497 g/mol. The van der Waals surface area contributed by atoms with Gasteiger partial charge in [0.05, 0.1) is 18.8 Å². The second-order valence-electron chi connectivity index (χ2n) is 7.98. The summed E-state index contributed by atoms with van der Waals surface area (Å²) in [7, 11) is -2.73. The number of guanidine groups is 1. The molecule has 0 bridgehead atoms. The molecule has 1 aromatic heterocycles. The van der Waals surface area contributed by atoms with Crippen LogP contribution < -0.4 is 11.1 Å². The van der Waals surface area contributed by atoms with Crippen molar-refractivity contribution in [2.24, 2.45) is 10.7 Å². The number of aryl methyl sites for hydroxylation is 1. The van der Waals surface area contributed by atoms with Gasteiger partial charge in [0.1, 0.15) is 22.3 Å². The third-order valence-electron chi connectivity index (χ3n) is 6.05. The number of ether oxygens (including phenoxy) is 1. The van der Waals surface area contributed by atoms with Gasteiger partial charge in [-0.15, -0.1) is 0 Å². The fourth-order valence-electron chi connectivity index (χ4n) is 4.16. The first-order valence-corrected chi connectivity index (χ1v) is 11.8. The van der Waals surface area contributed by atoms with Crippen LogP contribution in [-0.4, -0.2) is 55.1 Å². The summed E-state index contributed by atoms with van der Waals surface area (Å²) in [4.78, 5) is 20.8. The van der Waals surface area contributed by atoms with Crippen LogP contribution in [-0.2, 0) is 26.7 Å². The molecular weight excluding hydrogens is 475 g/mol. The molecular formula is C21H22F3N5O4S. The zero-order valence-electron chi connectivity index (χ0n) is 18.3. The molecule has 3 heterocycles. The number of aromatic nitrogens is 1. The van der Waals surface area contributed by atoms with Crippen molar-refractivity contribution < 1.29 is 31.1 Å². The van der Waals surface area contributed by atoms with Crippen LogP contribution >= 0.6 is 0 Å². The number of sulfonamides is 1. The lowest BCUT2D eigenvalue weighted by Gasteiger charge is -2.38. The van der Waals surface area contributed by atoms with E-state index >= 15 is 0 Å². The largest absolute Gasteiger partial charge is 0.377 e. The first kappa shape index (κ1) is 24.0. The number of hydrogen-bond donors (Lipinski definition) is 2. The number of pyridine rings is 1. The summed E-state index contributed by atoms with van der Waals surface area (Å²) in [6.45, 7) is 1.28. The van der Waals surface area contributed by atoms with Gasteiger partial charge in [0.15, 0.2) is 0 Å². The lowest BCUT2D eigenvalue weighted by molar-refractivity contribution is 0.102. The zero-order valence-corrected chi connectivity index (χ0v) is 19.1. The van der Waals surface area contributed by atoms with E-state index in [4.69, 9.17) is 10.5 Å². The van der Waals surface area contributed by atoms with Crippen LogP contribution in [0.3, 0.4) is 0 Å². The molecule has 0 radical (unpaired) electrons. The smallest absolute Gasteiger partial charge is 0.280 e. The minimum Gasteiger partial charge on any atom is -0.377 e. The van der Waals surface area contributed by atoms with Gasteiger partial charge in [0.25, 0.3) is 12.3 Å². The van der Waals surface area contributed by atoms with Gasteiger partial charge in [-0.2, -0.15) is 0 Å². The number of fused-ring (bicyclic) bond motifs is 1. The maximum absolute atomic E-state index is 15.0. The molecule has 34 heavy (non-hydrogen) atoms. The summed E-state index contributed by atoms with van der Waals surface area (Å²) >= 11 is 0. The van der Waals surface area contributed by atoms with Crippen LogP contribution in [0, 0.1) is 5.82 Å². The van der Waals surface area contributed by atoms with Crippen molar-refractivity contribution >= 4 is 27.6 Å². The van der Waals surface area contributed by atoms with Crippen LogP contribution in [0.1, 0.15) is 40.5 Å². The van der Waals surface area contributed by atoms with Gasteiger partial charge in [-0.05, 0) is 36.2 Å². The molecule has 2 aliphatic heterocycles. The number of halogens is 3. The lowest BCUT2D eigenvalue weighted by Crippen LogP contribution is -2.57. The highest BCUT2D eigenvalue weighted by atomic mass is 32.2. The molecule has 3 N–H and O–H groups in total. The number of hydrogen-bond acceptors (Lipinski definition) is 7. The van der Waals surface area contributed by atoms with Crippen LogP contribution in [0.25, 0.3) is 0 Å². The zero-order chi connectivity index (χ0) is 24.8. The summed E-state index contributed by atoms with van der Waals surface area (Å²) in [6.07, 6.45) is -1.41. The fraction of sp³-hybridized carbons (Fsp3) is 0.381. The summed E-state index contributed by atoms with van der Waals surface area (Å²) in [5.74, 6) is -1.70. The van der Waals surface area contributed by atoms with Gasteiger partial charge in [0.2, 0.25) is 16.0 Å². The third-order valence-corrected chi connectivity index (χ3v) is 8.25.